The van der Waals surface area contributed by atoms with Crippen LogP contribution in [-0.4, -0.2) is 37.7 Å². The number of furan rings is 1. The maximum absolute atomic E-state index is 12.3. The molecule has 1 saturated heterocycles. The van der Waals surface area contributed by atoms with Crippen LogP contribution in [0.5, 0.6) is 5.75 Å². The van der Waals surface area contributed by atoms with E-state index in [1.807, 2.05) is 18.2 Å². The summed E-state index contributed by atoms with van der Waals surface area (Å²) < 4.78 is 16.2. The van der Waals surface area contributed by atoms with Crippen molar-refractivity contribution in [1.82, 2.24) is 4.90 Å². The Morgan fingerprint density at radius 2 is 2.04 bits per heavy atom. The largest absolute Gasteiger partial charge is 0.497 e. The number of carbonyl (C=O) groups is 1. The predicted molar refractivity (Wildman–Crippen MR) is 87.9 cm³/mol. The van der Waals surface area contributed by atoms with Gasteiger partial charge in [0.1, 0.15) is 11.3 Å². The molecule has 1 aliphatic rings. The van der Waals surface area contributed by atoms with E-state index in [2.05, 4.69) is 4.90 Å². The lowest BCUT2D eigenvalue weighted by Gasteiger charge is -2.26. The number of ether oxygens (including phenoxy) is 2. The third kappa shape index (κ3) is 3.34. The van der Waals surface area contributed by atoms with Gasteiger partial charge in [-0.15, -0.1) is 0 Å². The van der Waals surface area contributed by atoms with Crippen LogP contribution < -0.4 is 4.74 Å². The second-order valence-electron chi connectivity index (χ2n) is 5.83. The first-order chi connectivity index (χ1) is 11.2. The molecule has 1 aromatic carbocycles. The molecule has 5 nitrogen and oxygen atoms in total. The van der Waals surface area contributed by atoms with E-state index in [0.29, 0.717) is 30.2 Å². The highest BCUT2D eigenvalue weighted by molar-refractivity contribution is 5.96. The molecule has 0 spiro atoms. The molecule has 2 aromatic rings. The average Bonchev–Trinajstić information content (AvgIpc) is 2.94. The molecular formula is C18H23NO4. The van der Waals surface area contributed by atoms with Crippen LogP contribution in [0.25, 0.3) is 11.0 Å². The van der Waals surface area contributed by atoms with Crippen molar-refractivity contribution in [3.63, 3.8) is 0 Å². The highest BCUT2D eigenvalue weighted by Gasteiger charge is 2.24. The Kier molecular flexibility index (Phi) is 4.86. The molecule has 1 aromatic heterocycles. The molecule has 0 saturated carbocycles. The van der Waals surface area contributed by atoms with Gasteiger partial charge >= 0.3 is 5.97 Å². The SMILES string of the molecule is CCOC(=O)c1oc2cc(OC)ccc2c1CN1CCCCC1. The summed E-state index contributed by atoms with van der Waals surface area (Å²) in [6, 6.07) is 5.67. The van der Waals surface area contributed by atoms with Crippen molar-refractivity contribution in [1.29, 1.82) is 0 Å². The molecular weight excluding hydrogens is 294 g/mol. The summed E-state index contributed by atoms with van der Waals surface area (Å²) in [6.07, 6.45) is 3.70. The van der Waals surface area contributed by atoms with Crippen LogP contribution >= 0.6 is 0 Å². The van der Waals surface area contributed by atoms with Crippen LogP contribution in [0, 0.1) is 0 Å². The first-order valence-electron chi connectivity index (χ1n) is 8.21. The second kappa shape index (κ2) is 7.04. The van der Waals surface area contributed by atoms with Crippen LogP contribution in [-0.2, 0) is 11.3 Å². The third-order valence-electron chi connectivity index (χ3n) is 4.29. The monoisotopic (exact) mass is 317 g/mol. The van der Waals surface area contributed by atoms with Crippen LogP contribution in [0.4, 0.5) is 0 Å². The van der Waals surface area contributed by atoms with Gasteiger partial charge in [-0.3, -0.25) is 4.90 Å². The molecule has 23 heavy (non-hydrogen) atoms. The number of rotatable bonds is 5. The van der Waals surface area contributed by atoms with Gasteiger partial charge in [0.2, 0.25) is 5.76 Å². The topological polar surface area (TPSA) is 51.9 Å². The summed E-state index contributed by atoms with van der Waals surface area (Å²) in [7, 11) is 1.62. The van der Waals surface area contributed by atoms with E-state index in [-0.39, 0.29) is 0 Å². The zero-order chi connectivity index (χ0) is 16.2. The van der Waals surface area contributed by atoms with Gasteiger partial charge in [-0.25, -0.2) is 4.79 Å². The number of piperidine rings is 1. The van der Waals surface area contributed by atoms with E-state index < -0.39 is 5.97 Å². The molecule has 0 amide bonds. The number of esters is 1. The van der Waals surface area contributed by atoms with Gasteiger partial charge in [0.25, 0.3) is 0 Å². The fourth-order valence-corrected chi connectivity index (χ4v) is 3.12. The van der Waals surface area contributed by atoms with Gasteiger partial charge in [-0.2, -0.15) is 0 Å². The number of methoxy groups -OCH3 is 1. The van der Waals surface area contributed by atoms with E-state index in [9.17, 15) is 4.79 Å². The Morgan fingerprint density at radius 1 is 1.26 bits per heavy atom. The minimum absolute atomic E-state index is 0.320. The Morgan fingerprint density at radius 3 is 2.74 bits per heavy atom. The number of carbonyl (C=O) groups excluding carboxylic acids is 1. The summed E-state index contributed by atoms with van der Waals surface area (Å²) in [5, 5.41) is 0.958. The summed E-state index contributed by atoms with van der Waals surface area (Å²) in [5.41, 5.74) is 1.59. The van der Waals surface area contributed by atoms with E-state index in [4.69, 9.17) is 13.9 Å². The van der Waals surface area contributed by atoms with Gasteiger partial charge < -0.3 is 13.9 Å². The summed E-state index contributed by atoms with van der Waals surface area (Å²) >= 11 is 0. The molecule has 1 aliphatic heterocycles. The molecule has 2 heterocycles. The molecule has 0 N–H and O–H groups in total. The number of nitrogens with zero attached hydrogens (tertiary/aromatic N) is 1. The highest BCUT2D eigenvalue weighted by Crippen LogP contribution is 2.31. The fourth-order valence-electron chi connectivity index (χ4n) is 3.12. The van der Waals surface area contributed by atoms with Gasteiger partial charge in [0.15, 0.2) is 0 Å². The average molecular weight is 317 g/mol. The molecule has 0 unspecified atom stereocenters. The molecule has 0 aliphatic carbocycles. The van der Waals surface area contributed by atoms with E-state index in [0.717, 1.165) is 24.0 Å². The van der Waals surface area contributed by atoms with Crippen molar-refractivity contribution in [3.05, 3.63) is 29.5 Å². The maximum Gasteiger partial charge on any atom is 0.374 e. The van der Waals surface area contributed by atoms with Crippen molar-refractivity contribution in [2.75, 3.05) is 26.8 Å². The molecule has 0 atom stereocenters. The standard InChI is InChI=1S/C18H23NO4/c1-3-22-18(20)17-15(12-19-9-5-4-6-10-19)14-8-7-13(21-2)11-16(14)23-17/h7-8,11H,3-6,9-10,12H2,1-2H3. The molecule has 0 radical (unpaired) electrons. The van der Waals surface area contributed by atoms with Crippen LogP contribution in [0.1, 0.15) is 42.3 Å². The molecule has 124 valence electrons. The van der Waals surface area contributed by atoms with Crippen molar-refractivity contribution in [2.24, 2.45) is 0 Å². The number of benzene rings is 1. The minimum atomic E-state index is -0.394. The Hall–Kier alpha value is -2.01. The first-order valence-corrected chi connectivity index (χ1v) is 8.21. The zero-order valence-corrected chi connectivity index (χ0v) is 13.8. The number of hydrogen-bond acceptors (Lipinski definition) is 5. The molecule has 1 fully saturated rings. The van der Waals surface area contributed by atoms with Gasteiger partial charge in [-0.1, -0.05) is 6.42 Å². The van der Waals surface area contributed by atoms with E-state index in [1.165, 1.54) is 19.3 Å². The summed E-state index contributed by atoms with van der Waals surface area (Å²) in [4.78, 5) is 14.6. The quantitative estimate of drug-likeness (QED) is 0.789. The van der Waals surface area contributed by atoms with Crippen LogP contribution in [0.2, 0.25) is 0 Å². The summed E-state index contributed by atoms with van der Waals surface area (Å²) in [5.74, 6) is 0.640. The normalized spacial score (nSPS) is 15.7. The van der Waals surface area contributed by atoms with Gasteiger partial charge in [0, 0.05) is 23.6 Å². The lowest BCUT2D eigenvalue weighted by atomic mass is 10.1. The van der Waals surface area contributed by atoms with E-state index >= 15 is 0 Å². The highest BCUT2D eigenvalue weighted by atomic mass is 16.5. The van der Waals surface area contributed by atoms with E-state index in [1.54, 1.807) is 14.0 Å². The third-order valence-corrected chi connectivity index (χ3v) is 4.29. The Bertz CT molecular complexity index is 686. The number of fused-ring (bicyclic) bond motifs is 1. The lowest BCUT2D eigenvalue weighted by molar-refractivity contribution is 0.0489. The predicted octanol–water partition coefficient (Wildman–Crippen LogP) is 3.60. The second-order valence-corrected chi connectivity index (χ2v) is 5.83. The molecule has 3 rings (SSSR count). The fraction of sp³-hybridized carbons (Fsp3) is 0.500. The zero-order valence-electron chi connectivity index (χ0n) is 13.8. The van der Waals surface area contributed by atoms with Crippen molar-refractivity contribution in [3.8, 4) is 5.75 Å². The van der Waals surface area contributed by atoms with Crippen LogP contribution in [0.15, 0.2) is 22.6 Å². The molecule has 0 bridgehead atoms. The maximum atomic E-state index is 12.3. The first kappa shape index (κ1) is 15.9. The number of likely N-dealkylation sites (tertiary alicyclic amines) is 1. The Labute approximate surface area is 136 Å². The minimum Gasteiger partial charge on any atom is -0.497 e. The van der Waals surface area contributed by atoms with Crippen molar-refractivity contribution >= 4 is 16.9 Å². The summed E-state index contributed by atoms with van der Waals surface area (Å²) in [6.45, 7) is 4.97. The lowest BCUT2D eigenvalue weighted by Crippen LogP contribution is -2.29. The number of hydrogen-bond donors (Lipinski definition) is 0. The molecule has 5 heteroatoms. The van der Waals surface area contributed by atoms with Gasteiger partial charge in [0.05, 0.1) is 13.7 Å². The van der Waals surface area contributed by atoms with Crippen LogP contribution in [0.3, 0.4) is 0 Å². The van der Waals surface area contributed by atoms with Gasteiger partial charge in [-0.05, 0) is 45.0 Å². The van der Waals surface area contributed by atoms with Crippen molar-refractivity contribution in [2.45, 2.75) is 32.7 Å². The van der Waals surface area contributed by atoms with Crippen molar-refractivity contribution < 1.29 is 18.7 Å². The Balaban J connectivity index is 1.99. The smallest absolute Gasteiger partial charge is 0.374 e.